The molecule has 3 heterocycles. The van der Waals surface area contributed by atoms with Gasteiger partial charge < -0.3 is 20.5 Å². The van der Waals surface area contributed by atoms with Crippen molar-refractivity contribution in [2.24, 2.45) is 0 Å². The number of piperidine rings is 1. The van der Waals surface area contributed by atoms with E-state index in [2.05, 4.69) is 25.6 Å². The van der Waals surface area contributed by atoms with Crippen LogP contribution in [0.2, 0.25) is 5.02 Å². The monoisotopic (exact) mass is 416 g/mol. The Morgan fingerprint density at radius 1 is 1.38 bits per heavy atom. The van der Waals surface area contributed by atoms with E-state index in [1.54, 1.807) is 6.07 Å². The van der Waals surface area contributed by atoms with Crippen LogP contribution in [0.5, 0.6) is 0 Å². The average molecular weight is 417 g/mol. The summed E-state index contributed by atoms with van der Waals surface area (Å²) >= 11 is 5.87. The molecule has 1 amide bonds. The van der Waals surface area contributed by atoms with Crippen LogP contribution in [-0.4, -0.2) is 50.9 Å². The highest BCUT2D eigenvalue weighted by Gasteiger charge is 2.31. The Kier molecular flexibility index (Phi) is 5.53. The van der Waals surface area contributed by atoms with Crippen molar-refractivity contribution in [3.63, 3.8) is 0 Å². The van der Waals surface area contributed by atoms with E-state index < -0.39 is 5.82 Å². The van der Waals surface area contributed by atoms with E-state index in [0.29, 0.717) is 12.2 Å². The molecular weight excluding hydrogens is 395 g/mol. The molecule has 29 heavy (non-hydrogen) atoms. The number of anilines is 2. The summed E-state index contributed by atoms with van der Waals surface area (Å²) in [7, 11) is 0. The molecule has 0 bridgehead atoms. The Morgan fingerprint density at radius 3 is 3.07 bits per heavy atom. The Balaban J connectivity index is 1.41. The number of nitrogens with zero attached hydrogens (tertiary/aromatic N) is 3. The van der Waals surface area contributed by atoms with Gasteiger partial charge in [-0.3, -0.25) is 4.79 Å². The highest BCUT2D eigenvalue weighted by molar-refractivity contribution is 6.30. The van der Waals surface area contributed by atoms with E-state index in [1.165, 1.54) is 18.5 Å². The summed E-state index contributed by atoms with van der Waals surface area (Å²) in [4.78, 5) is 26.3. The van der Waals surface area contributed by atoms with Crippen LogP contribution in [0.1, 0.15) is 19.8 Å². The topological polar surface area (TPSA) is 85.9 Å². The molecule has 1 fully saturated rings. The molecule has 152 valence electrons. The van der Waals surface area contributed by atoms with Gasteiger partial charge in [-0.15, -0.1) is 0 Å². The third kappa shape index (κ3) is 4.27. The molecule has 7 nitrogen and oxygen atoms in total. The normalized spacial score (nSPS) is 19.3. The van der Waals surface area contributed by atoms with E-state index in [0.717, 1.165) is 29.7 Å². The predicted octanol–water partition coefficient (Wildman–Crippen LogP) is 3.65. The average Bonchev–Trinajstić information content (AvgIpc) is 3.17. The van der Waals surface area contributed by atoms with Crippen molar-refractivity contribution in [3.05, 3.63) is 47.6 Å². The number of fused-ring (bicyclic) bond motifs is 1. The van der Waals surface area contributed by atoms with Crippen molar-refractivity contribution in [1.82, 2.24) is 19.9 Å². The molecule has 0 radical (unpaired) electrons. The van der Waals surface area contributed by atoms with Gasteiger partial charge in [0.15, 0.2) is 0 Å². The number of hydrogen-bond donors (Lipinski definition) is 3. The van der Waals surface area contributed by atoms with Crippen molar-refractivity contribution in [3.8, 4) is 0 Å². The molecule has 3 aromatic rings. The number of hydrogen-bond acceptors (Lipinski definition) is 5. The number of carbonyl (C=O) groups is 1. The van der Waals surface area contributed by atoms with E-state index in [1.807, 2.05) is 24.1 Å². The van der Waals surface area contributed by atoms with Crippen LogP contribution in [0.25, 0.3) is 11.0 Å². The molecule has 1 saturated heterocycles. The Morgan fingerprint density at radius 2 is 2.24 bits per heavy atom. The first kappa shape index (κ1) is 19.4. The predicted molar refractivity (Wildman–Crippen MR) is 112 cm³/mol. The summed E-state index contributed by atoms with van der Waals surface area (Å²) in [6, 6.07) is 6.13. The number of aromatic nitrogens is 3. The molecule has 1 aliphatic heterocycles. The molecule has 3 N–H and O–H groups in total. The number of halogens is 2. The van der Waals surface area contributed by atoms with Gasteiger partial charge >= 0.3 is 0 Å². The third-order valence-corrected chi connectivity index (χ3v) is 5.51. The highest BCUT2D eigenvalue weighted by Crippen LogP contribution is 2.25. The summed E-state index contributed by atoms with van der Waals surface area (Å²) < 4.78 is 13.5. The zero-order valence-corrected chi connectivity index (χ0v) is 16.7. The number of amides is 1. The smallest absolute Gasteiger partial charge is 0.242 e. The maximum atomic E-state index is 13.5. The van der Waals surface area contributed by atoms with Gasteiger partial charge in [-0.1, -0.05) is 11.6 Å². The van der Waals surface area contributed by atoms with Gasteiger partial charge in [-0.05, 0) is 44.0 Å². The Bertz CT molecular complexity index is 1000. The highest BCUT2D eigenvalue weighted by atomic mass is 35.5. The fraction of sp³-hybridized carbons (Fsp3) is 0.350. The van der Waals surface area contributed by atoms with Crippen LogP contribution in [0.4, 0.5) is 15.9 Å². The molecule has 9 heteroatoms. The molecular formula is C20H22ClFN6O. The van der Waals surface area contributed by atoms with Crippen molar-refractivity contribution in [1.29, 1.82) is 0 Å². The van der Waals surface area contributed by atoms with E-state index in [9.17, 15) is 9.18 Å². The van der Waals surface area contributed by atoms with Gasteiger partial charge in [0.1, 0.15) is 23.6 Å². The second-order valence-electron chi connectivity index (χ2n) is 7.19. The molecule has 2 unspecified atom stereocenters. The number of benzene rings is 1. The minimum atomic E-state index is -0.441. The molecule has 0 aliphatic carbocycles. The van der Waals surface area contributed by atoms with Gasteiger partial charge in [0.25, 0.3) is 0 Å². The summed E-state index contributed by atoms with van der Waals surface area (Å²) in [5, 5.41) is 7.66. The fourth-order valence-corrected chi connectivity index (χ4v) is 4.01. The molecule has 1 aromatic carbocycles. The van der Waals surface area contributed by atoms with Crippen LogP contribution in [0.3, 0.4) is 0 Å². The Hall–Kier alpha value is -2.87. The van der Waals surface area contributed by atoms with Crippen LogP contribution in [0.15, 0.2) is 36.8 Å². The molecule has 0 saturated carbocycles. The first-order valence-electron chi connectivity index (χ1n) is 9.55. The van der Waals surface area contributed by atoms with Crippen molar-refractivity contribution >= 4 is 40.0 Å². The summed E-state index contributed by atoms with van der Waals surface area (Å²) in [5.74, 6) is 0.276. The van der Waals surface area contributed by atoms with E-state index in [-0.39, 0.29) is 29.6 Å². The van der Waals surface area contributed by atoms with Crippen molar-refractivity contribution < 1.29 is 9.18 Å². The zero-order valence-electron chi connectivity index (χ0n) is 16.0. The van der Waals surface area contributed by atoms with Crippen LogP contribution in [-0.2, 0) is 4.79 Å². The summed E-state index contributed by atoms with van der Waals surface area (Å²) in [5.41, 5.74) is 1.26. The molecule has 0 spiro atoms. The number of H-pyrrole nitrogens is 1. The first-order chi connectivity index (χ1) is 14.0. The van der Waals surface area contributed by atoms with Gasteiger partial charge in [0, 0.05) is 35.5 Å². The molecule has 1 aliphatic rings. The number of carbonyl (C=O) groups excluding carboxylic acids is 1. The molecule has 4 rings (SSSR count). The summed E-state index contributed by atoms with van der Waals surface area (Å²) in [6.45, 7) is 2.79. The SMILES string of the molecule is CC1C(Nc2ncnc3[nH]ccc23)CCCN1C(=O)CNc1cc(F)cc(Cl)c1. The number of rotatable bonds is 5. The summed E-state index contributed by atoms with van der Waals surface area (Å²) in [6.07, 6.45) is 5.18. The Labute approximate surface area is 172 Å². The van der Waals surface area contributed by atoms with Gasteiger partial charge in [0.2, 0.25) is 5.91 Å². The van der Waals surface area contributed by atoms with E-state index in [4.69, 9.17) is 11.6 Å². The fourth-order valence-electron chi connectivity index (χ4n) is 3.79. The largest absolute Gasteiger partial charge is 0.376 e. The first-order valence-corrected chi connectivity index (χ1v) is 9.93. The molecule has 2 aromatic heterocycles. The quantitative estimate of drug-likeness (QED) is 0.591. The number of likely N-dealkylation sites (tertiary alicyclic amines) is 1. The van der Waals surface area contributed by atoms with Gasteiger partial charge in [-0.25, -0.2) is 14.4 Å². The van der Waals surface area contributed by atoms with Crippen LogP contribution in [0, 0.1) is 5.82 Å². The van der Waals surface area contributed by atoms with E-state index >= 15 is 0 Å². The van der Waals surface area contributed by atoms with Crippen molar-refractivity contribution in [2.45, 2.75) is 31.8 Å². The lowest BCUT2D eigenvalue weighted by Crippen LogP contribution is -2.53. The number of nitrogens with one attached hydrogen (secondary N) is 3. The maximum absolute atomic E-state index is 13.5. The lowest BCUT2D eigenvalue weighted by atomic mass is 9.97. The van der Waals surface area contributed by atoms with Gasteiger partial charge in [-0.2, -0.15) is 0 Å². The van der Waals surface area contributed by atoms with Crippen LogP contribution >= 0.6 is 11.6 Å². The van der Waals surface area contributed by atoms with Gasteiger partial charge in [0.05, 0.1) is 11.9 Å². The van der Waals surface area contributed by atoms with Crippen molar-refractivity contribution in [2.75, 3.05) is 23.7 Å². The minimum absolute atomic E-state index is 0.0156. The zero-order chi connectivity index (χ0) is 20.4. The molecule has 2 atom stereocenters. The minimum Gasteiger partial charge on any atom is -0.376 e. The maximum Gasteiger partial charge on any atom is 0.242 e. The lowest BCUT2D eigenvalue weighted by molar-refractivity contribution is -0.132. The standard InChI is InChI=1S/C20H22ClFN6O/c1-12-17(27-20-16-4-5-23-19(16)25-11-26-20)3-2-6-28(12)18(29)10-24-15-8-13(21)7-14(22)9-15/h4-5,7-9,11-12,17,24H,2-3,6,10H2,1H3,(H2,23,25,26,27). The number of aromatic amines is 1. The lowest BCUT2D eigenvalue weighted by Gasteiger charge is -2.40. The third-order valence-electron chi connectivity index (χ3n) is 5.29. The van der Waals surface area contributed by atoms with Crippen LogP contribution < -0.4 is 10.6 Å². The second kappa shape index (κ2) is 8.24. The second-order valence-corrected chi connectivity index (χ2v) is 7.63.